The SMILES string of the molecule is CC(Cc1cc(C(C)(C)C)cc(C(C)(C)C)c1)c1cccc(C(C)(C)C)c1C(C)(C)C. The molecule has 31 heavy (non-hydrogen) atoms. The number of hydrogen-bond acceptors (Lipinski definition) is 0. The van der Waals surface area contributed by atoms with Gasteiger partial charge in [-0.1, -0.05) is 126 Å². The molecule has 0 fully saturated rings. The van der Waals surface area contributed by atoms with Gasteiger partial charge in [-0.2, -0.15) is 0 Å². The molecule has 2 aromatic rings. The summed E-state index contributed by atoms with van der Waals surface area (Å²) in [7, 11) is 0. The molecule has 0 bridgehead atoms. The molecule has 0 N–H and O–H groups in total. The molecule has 0 aliphatic heterocycles. The summed E-state index contributed by atoms with van der Waals surface area (Å²) in [5.74, 6) is 0.472. The lowest BCUT2D eigenvalue weighted by molar-refractivity contribution is 0.519. The summed E-state index contributed by atoms with van der Waals surface area (Å²) < 4.78 is 0. The van der Waals surface area contributed by atoms with Crippen LogP contribution in [0.3, 0.4) is 0 Å². The Labute approximate surface area is 193 Å². The van der Waals surface area contributed by atoms with Gasteiger partial charge in [0.15, 0.2) is 0 Å². The fourth-order valence-corrected chi connectivity index (χ4v) is 4.58. The van der Waals surface area contributed by atoms with Crippen molar-refractivity contribution in [1.29, 1.82) is 0 Å². The Hall–Kier alpha value is -1.56. The molecule has 0 spiro atoms. The van der Waals surface area contributed by atoms with Gasteiger partial charge < -0.3 is 0 Å². The largest absolute Gasteiger partial charge is 0.0617 e. The fourth-order valence-electron chi connectivity index (χ4n) is 4.58. The van der Waals surface area contributed by atoms with E-state index < -0.39 is 0 Å². The van der Waals surface area contributed by atoms with Gasteiger partial charge >= 0.3 is 0 Å². The quantitative estimate of drug-likeness (QED) is 0.464. The van der Waals surface area contributed by atoms with E-state index >= 15 is 0 Å². The lowest BCUT2D eigenvalue weighted by Gasteiger charge is -2.34. The summed E-state index contributed by atoms with van der Waals surface area (Å²) >= 11 is 0. The second kappa shape index (κ2) is 8.42. The smallest absolute Gasteiger partial charge is 0.0126 e. The van der Waals surface area contributed by atoms with Gasteiger partial charge in [0.25, 0.3) is 0 Å². The third kappa shape index (κ3) is 6.24. The first kappa shape index (κ1) is 25.7. The van der Waals surface area contributed by atoms with Gasteiger partial charge in [0.05, 0.1) is 0 Å². The Morgan fingerprint density at radius 1 is 0.613 bits per heavy atom. The zero-order chi connectivity index (χ0) is 24.0. The number of hydrogen-bond donors (Lipinski definition) is 0. The molecule has 2 aromatic carbocycles. The van der Waals surface area contributed by atoms with Crippen molar-refractivity contribution in [3.63, 3.8) is 0 Å². The molecule has 0 heteroatoms. The van der Waals surface area contributed by atoms with Gasteiger partial charge in [0, 0.05) is 0 Å². The lowest BCUT2D eigenvalue weighted by atomic mass is 9.70. The second-order valence-electron chi connectivity index (χ2n) is 13.8. The molecule has 0 nitrogen and oxygen atoms in total. The highest BCUT2D eigenvalue weighted by atomic mass is 14.3. The molecule has 1 unspecified atom stereocenters. The summed E-state index contributed by atoms with van der Waals surface area (Å²) in [5.41, 5.74) is 9.47. The predicted molar refractivity (Wildman–Crippen MR) is 140 cm³/mol. The molecule has 0 saturated heterocycles. The summed E-state index contributed by atoms with van der Waals surface area (Å²) in [4.78, 5) is 0. The Bertz CT molecular complexity index is 867. The first-order chi connectivity index (χ1) is 13.8. The highest BCUT2D eigenvalue weighted by molar-refractivity contribution is 5.46. The summed E-state index contributed by atoms with van der Waals surface area (Å²) in [6.45, 7) is 30.5. The molecule has 0 heterocycles. The topological polar surface area (TPSA) is 0 Å². The van der Waals surface area contributed by atoms with Crippen molar-refractivity contribution in [3.05, 3.63) is 69.8 Å². The lowest BCUT2D eigenvalue weighted by Crippen LogP contribution is -2.25. The summed E-state index contributed by atoms with van der Waals surface area (Å²) in [6.07, 6.45) is 1.07. The molecule has 172 valence electrons. The van der Waals surface area contributed by atoms with E-state index in [1.165, 1.54) is 33.4 Å². The summed E-state index contributed by atoms with van der Waals surface area (Å²) in [5, 5.41) is 0. The Balaban J connectivity index is 2.59. The van der Waals surface area contributed by atoms with E-state index in [0.717, 1.165) is 6.42 Å². The van der Waals surface area contributed by atoms with Crippen molar-refractivity contribution in [2.24, 2.45) is 0 Å². The third-order valence-electron chi connectivity index (χ3n) is 6.45. The van der Waals surface area contributed by atoms with Crippen LogP contribution in [-0.4, -0.2) is 0 Å². The van der Waals surface area contributed by atoms with Gasteiger partial charge in [-0.3, -0.25) is 0 Å². The molecular formula is C31H48. The highest BCUT2D eigenvalue weighted by Crippen LogP contribution is 2.40. The zero-order valence-electron chi connectivity index (χ0n) is 22.7. The number of benzene rings is 2. The molecule has 0 aliphatic rings. The minimum Gasteiger partial charge on any atom is -0.0617 e. The normalized spacial score (nSPS) is 14.6. The first-order valence-corrected chi connectivity index (χ1v) is 12.1. The van der Waals surface area contributed by atoms with E-state index in [9.17, 15) is 0 Å². The van der Waals surface area contributed by atoms with E-state index in [1.54, 1.807) is 0 Å². The van der Waals surface area contributed by atoms with Crippen LogP contribution in [0.25, 0.3) is 0 Å². The van der Waals surface area contributed by atoms with Crippen LogP contribution in [0.5, 0.6) is 0 Å². The van der Waals surface area contributed by atoms with Crippen LogP contribution in [0.4, 0.5) is 0 Å². The van der Waals surface area contributed by atoms with Crippen molar-refractivity contribution < 1.29 is 0 Å². The van der Waals surface area contributed by atoms with Crippen LogP contribution in [0.15, 0.2) is 36.4 Å². The average molecular weight is 421 g/mol. The predicted octanol–water partition coefficient (Wildman–Crippen LogP) is 9.22. The molecule has 0 aromatic heterocycles. The van der Waals surface area contributed by atoms with Crippen molar-refractivity contribution in [2.45, 2.75) is 124 Å². The van der Waals surface area contributed by atoms with Gasteiger partial charge in [0.1, 0.15) is 0 Å². The Morgan fingerprint density at radius 3 is 1.48 bits per heavy atom. The van der Waals surface area contributed by atoms with E-state index in [2.05, 4.69) is 126 Å². The maximum absolute atomic E-state index is 2.45. The first-order valence-electron chi connectivity index (χ1n) is 12.1. The van der Waals surface area contributed by atoms with E-state index in [4.69, 9.17) is 0 Å². The van der Waals surface area contributed by atoms with Crippen LogP contribution in [0, 0.1) is 0 Å². The summed E-state index contributed by atoms with van der Waals surface area (Å²) in [6, 6.07) is 14.3. The Kier molecular flexibility index (Phi) is 6.98. The van der Waals surface area contributed by atoms with Crippen LogP contribution in [-0.2, 0) is 28.1 Å². The zero-order valence-corrected chi connectivity index (χ0v) is 22.7. The fraction of sp³-hybridized carbons (Fsp3) is 0.613. The van der Waals surface area contributed by atoms with Crippen molar-refractivity contribution in [2.75, 3.05) is 0 Å². The molecular weight excluding hydrogens is 372 g/mol. The standard InChI is InChI=1S/C31H48/c1-21(25-15-14-16-26(30(8,9)10)27(25)31(11,12)13)17-22-18-23(28(2,3)4)20-24(19-22)29(5,6)7/h14-16,18-21H,17H2,1-13H3. The average Bonchev–Trinajstić information content (AvgIpc) is 2.57. The molecule has 0 radical (unpaired) electrons. The van der Waals surface area contributed by atoms with Crippen LogP contribution >= 0.6 is 0 Å². The monoisotopic (exact) mass is 420 g/mol. The second-order valence-corrected chi connectivity index (χ2v) is 13.8. The molecule has 2 rings (SSSR count). The maximum Gasteiger partial charge on any atom is -0.0126 e. The van der Waals surface area contributed by atoms with Gasteiger partial charge in [-0.15, -0.1) is 0 Å². The van der Waals surface area contributed by atoms with Crippen LogP contribution in [0.1, 0.15) is 129 Å². The molecule has 1 atom stereocenters. The van der Waals surface area contributed by atoms with Crippen molar-refractivity contribution in [3.8, 4) is 0 Å². The van der Waals surface area contributed by atoms with E-state index in [0.29, 0.717) is 5.92 Å². The Morgan fingerprint density at radius 2 is 1.10 bits per heavy atom. The minimum absolute atomic E-state index is 0.122. The van der Waals surface area contributed by atoms with Gasteiger partial charge in [0.2, 0.25) is 0 Å². The van der Waals surface area contributed by atoms with Crippen LogP contribution < -0.4 is 0 Å². The third-order valence-corrected chi connectivity index (χ3v) is 6.45. The molecule has 0 saturated carbocycles. The van der Waals surface area contributed by atoms with E-state index in [1.807, 2.05) is 0 Å². The van der Waals surface area contributed by atoms with Crippen molar-refractivity contribution in [1.82, 2.24) is 0 Å². The van der Waals surface area contributed by atoms with Gasteiger partial charge in [-0.25, -0.2) is 0 Å². The molecule has 0 amide bonds. The molecule has 0 aliphatic carbocycles. The highest BCUT2D eigenvalue weighted by Gasteiger charge is 2.29. The minimum atomic E-state index is 0.122. The maximum atomic E-state index is 2.45. The number of rotatable bonds is 3. The van der Waals surface area contributed by atoms with Crippen LogP contribution in [0.2, 0.25) is 0 Å². The van der Waals surface area contributed by atoms with Crippen molar-refractivity contribution >= 4 is 0 Å². The van der Waals surface area contributed by atoms with Gasteiger partial charge in [-0.05, 0) is 67.4 Å². The van der Waals surface area contributed by atoms with E-state index in [-0.39, 0.29) is 21.7 Å².